The molecule has 1 aliphatic heterocycles. The maximum atomic E-state index is 8.71. The van der Waals surface area contributed by atoms with Crippen LogP contribution in [-0.4, -0.2) is 41.1 Å². The quantitative estimate of drug-likeness (QED) is 0.325. The van der Waals surface area contributed by atoms with Gasteiger partial charge in [-0.1, -0.05) is 23.4 Å². The lowest BCUT2D eigenvalue weighted by atomic mass is 10.1. The second-order valence-electron chi connectivity index (χ2n) is 5.78. The summed E-state index contributed by atoms with van der Waals surface area (Å²) in [4.78, 5) is 2.60. The third-order valence-electron chi connectivity index (χ3n) is 4.21. The lowest BCUT2D eigenvalue weighted by Gasteiger charge is -2.16. The minimum absolute atomic E-state index is 0.160. The van der Waals surface area contributed by atoms with Crippen molar-refractivity contribution in [2.45, 2.75) is 37.9 Å². The summed E-state index contributed by atoms with van der Waals surface area (Å²) in [7, 11) is 0. The van der Waals surface area contributed by atoms with Gasteiger partial charge in [0.25, 0.3) is 0 Å². The molecule has 108 valence electrons. The van der Waals surface area contributed by atoms with Crippen molar-refractivity contribution in [2.75, 3.05) is 13.1 Å². The average Bonchev–Trinajstić information content (AvgIpc) is 3.23. The number of benzene rings is 1. The van der Waals surface area contributed by atoms with Gasteiger partial charge in [0.05, 0.1) is 0 Å². The number of amidine groups is 1. The zero-order valence-corrected chi connectivity index (χ0v) is 11.6. The van der Waals surface area contributed by atoms with E-state index in [0.29, 0.717) is 6.04 Å². The number of nitrogens with one attached hydrogen (secondary N) is 1. The first-order valence-corrected chi connectivity index (χ1v) is 7.30. The van der Waals surface area contributed by atoms with Gasteiger partial charge in [0, 0.05) is 37.3 Å². The van der Waals surface area contributed by atoms with Gasteiger partial charge in [0.1, 0.15) is 0 Å². The monoisotopic (exact) mass is 274 g/mol. The van der Waals surface area contributed by atoms with Crippen LogP contribution in [0.4, 0.5) is 0 Å². The van der Waals surface area contributed by atoms with Gasteiger partial charge in [-0.25, -0.2) is 0 Å². The molecular formula is C15H22N4O. The second kappa shape index (κ2) is 5.81. The van der Waals surface area contributed by atoms with E-state index in [0.717, 1.165) is 18.2 Å². The maximum Gasteiger partial charge on any atom is 0.170 e. The largest absolute Gasteiger partial charge is 0.409 e. The van der Waals surface area contributed by atoms with E-state index in [4.69, 9.17) is 10.9 Å². The number of rotatable bonds is 5. The summed E-state index contributed by atoms with van der Waals surface area (Å²) < 4.78 is 0. The molecule has 2 aliphatic rings. The minimum atomic E-state index is 0.160. The topological polar surface area (TPSA) is 73.9 Å². The molecule has 1 saturated carbocycles. The molecule has 1 atom stereocenters. The predicted octanol–water partition coefficient (Wildman–Crippen LogP) is 1.11. The van der Waals surface area contributed by atoms with Crippen LogP contribution in [-0.2, 0) is 6.54 Å². The Bertz CT molecular complexity index is 498. The zero-order chi connectivity index (χ0) is 13.9. The van der Waals surface area contributed by atoms with E-state index in [1.165, 1.54) is 37.9 Å². The molecule has 1 aromatic rings. The number of oxime groups is 1. The summed E-state index contributed by atoms with van der Waals surface area (Å²) in [5, 5.41) is 15.4. The molecule has 1 unspecified atom stereocenters. The molecule has 5 nitrogen and oxygen atoms in total. The third kappa shape index (κ3) is 3.11. The van der Waals surface area contributed by atoms with Crippen LogP contribution in [0.3, 0.4) is 0 Å². The van der Waals surface area contributed by atoms with E-state index in [9.17, 15) is 0 Å². The van der Waals surface area contributed by atoms with Gasteiger partial charge in [-0.2, -0.15) is 0 Å². The lowest BCUT2D eigenvalue weighted by Crippen LogP contribution is -2.32. The van der Waals surface area contributed by atoms with E-state index in [1.807, 2.05) is 18.2 Å². The number of nitrogens with zero attached hydrogens (tertiary/aromatic N) is 2. The van der Waals surface area contributed by atoms with Crippen LogP contribution >= 0.6 is 0 Å². The van der Waals surface area contributed by atoms with Crippen molar-refractivity contribution in [1.82, 2.24) is 10.2 Å². The van der Waals surface area contributed by atoms with Crippen molar-refractivity contribution >= 4 is 5.84 Å². The highest BCUT2D eigenvalue weighted by atomic mass is 16.4. The second-order valence-corrected chi connectivity index (χ2v) is 5.78. The summed E-state index contributed by atoms with van der Waals surface area (Å²) in [5.74, 6) is 0.160. The van der Waals surface area contributed by atoms with Gasteiger partial charge in [0.15, 0.2) is 5.84 Å². The molecule has 20 heavy (non-hydrogen) atoms. The lowest BCUT2D eigenvalue weighted by molar-refractivity contribution is 0.317. The molecule has 1 saturated heterocycles. The fraction of sp³-hybridized carbons (Fsp3) is 0.533. The first-order valence-electron chi connectivity index (χ1n) is 7.30. The minimum Gasteiger partial charge on any atom is -0.409 e. The van der Waals surface area contributed by atoms with Gasteiger partial charge >= 0.3 is 0 Å². The van der Waals surface area contributed by atoms with E-state index in [-0.39, 0.29) is 5.84 Å². The van der Waals surface area contributed by atoms with Crippen molar-refractivity contribution in [1.29, 1.82) is 0 Å². The Morgan fingerprint density at radius 3 is 3.00 bits per heavy atom. The Morgan fingerprint density at radius 2 is 2.25 bits per heavy atom. The molecule has 4 N–H and O–H groups in total. The van der Waals surface area contributed by atoms with E-state index in [1.54, 1.807) is 0 Å². The number of hydrogen-bond acceptors (Lipinski definition) is 4. The van der Waals surface area contributed by atoms with Crippen LogP contribution in [0.25, 0.3) is 0 Å². The van der Waals surface area contributed by atoms with E-state index in [2.05, 4.69) is 21.4 Å². The Labute approximate surface area is 119 Å². The fourth-order valence-corrected chi connectivity index (χ4v) is 2.89. The van der Waals surface area contributed by atoms with Crippen molar-refractivity contribution in [3.8, 4) is 0 Å². The highest BCUT2D eigenvalue weighted by Gasteiger charge is 2.33. The summed E-state index contributed by atoms with van der Waals surface area (Å²) in [6, 6.07) is 9.27. The summed E-state index contributed by atoms with van der Waals surface area (Å²) >= 11 is 0. The van der Waals surface area contributed by atoms with E-state index >= 15 is 0 Å². The highest BCUT2D eigenvalue weighted by molar-refractivity contribution is 5.97. The van der Waals surface area contributed by atoms with Crippen LogP contribution in [0.15, 0.2) is 29.4 Å². The molecule has 2 fully saturated rings. The first-order chi connectivity index (χ1) is 9.76. The van der Waals surface area contributed by atoms with Crippen molar-refractivity contribution in [3.63, 3.8) is 0 Å². The molecule has 0 bridgehead atoms. The van der Waals surface area contributed by atoms with Crippen LogP contribution in [0.1, 0.15) is 30.4 Å². The van der Waals surface area contributed by atoms with Crippen molar-refractivity contribution in [2.24, 2.45) is 10.9 Å². The summed E-state index contributed by atoms with van der Waals surface area (Å²) in [5.41, 5.74) is 7.54. The number of hydrogen-bond donors (Lipinski definition) is 3. The number of nitrogens with two attached hydrogens (primary N) is 1. The molecular weight excluding hydrogens is 252 g/mol. The molecule has 3 rings (SSSR count). The Kier molecular flexibility index (Phi) is 3.89. The molecule has 0 spiro atoms. The van der Waals surface area contributed by atoms with Gasteiger partial charge in [0.2, 0.25) is 0 Å². The molecule has 5 heteroatoms. The molecule has 1 aromatic carbocycles. The molecule has 0 radical (unpaired) electrons. The van der Waals surface area contributed by atoms with Gasteiger partial charge in [-0.05, 0) is 30.9 Å². The first kappa shape index (κ1) is 13.4. The SMILES string of the molecule is NC(=NO)c1cccc(CNC2CCN(C3CC3)C2)c1. The molecule has 1 aliphatic carbocycles. The van der Waals surface area contributed by atoms with Crippen molar-refractivity contribution < 1.29 is 5.21 Å². The smallest absolute Gasteiger partial charge is 0.170 e. The molecule has 0 amide bonds. The van der Waals surface area contributed by atoms with E-state index < -0.39 is 0 Å². The van der Waals surface area contributed by atoms with Crippen LogP contribution in [0.2, 0.25) is 0 Å². The Hall–Kier alpha value is -1.59. The standard InChI is InChI=1S/C15H22N4O/c16-15(18-20)12-3-1-2-11(8-12)9-17-13-6-7-19(10-13)14-4-5-14/h1-3,8,13-14,17,20H,4-7,9-10H2,(H2,16,18). The molecule has 1 heterocycles. The van der Waals surface area contributed by atoms with Crippen LogP contribution < -0.4 is 11.1 Å². The summed E-state index contributed by atoms with van der Waals surface area (Å²) in [6.45, 7) is 3.23. The highest BCUT2D eigenvalue weighted by Crippen LogP contribution is 2.29. The van der Waals surface area contributed by atoms with Crippen LogP contribution in [0, 0.1) is 0 Å². The normalized spacial score (nSPS) is 24.2. The van der Waals surface area contributed by atoms with Gasteiger partial charge < -0.3 is 16.3 Å². The average molecular weight is 274 g/mol. The molecule has 0 aromatic heterocycles. The van der Waals surface area contributed by atoms with Crippen LogP contribution in [0.5, 0.6) is 0 Å². The maximum absolute atomic E-state index is 8.71. The fourth-order valence-electron chi connectivity index (χ4n) is 2.89. The third-order valence-corrected chi connectivity index (χ3v) is 4.21. The number of likely N-dealkylation sites (tertiary alicyclic amines) is 1. The zero-order valence-electron chi connectivity index (χ0n) is 11.6. The Morgan fingerprint density at radius 1 is 1.40 bits per heavy atom. The van der Waals surface area contributed by atoms with Gasteiger partial charge in [-0.3, -0.25) is 4.90 Å². The van der Waals surface area contributed by atoms with Crippen molar-refractivity contribution in [3.05, 3.63) is 35.4 Å². The van der Waals surface area contributed by atoms with Gasteiger partial charge in [-0.15, -0.1) is 0 Å². The Balaban J connectivity index is 1.53. The summed E-state index contributed by atoms with van der Waals surface area (Å²) in [6.07, 6.45) is 4.00. The predicted molar refractivity (Wildman–Crippen MR) is 78.8 cm³/mol.